The molecule has 2 nitrogen and oxygen atoms in total. The van der Waals surface area contributed by atoms with E-state index < -0.39 is 5.97 Å². The number of benzene rings is 3. The normalized spacial score (nSPS) is 11.0. The van der Waals surface area contributed by atoms with Crippen LogP contribution >= 0.6 is 0 Å². The predicted molar refractivity (Wildman–Crippen MR) is 89.2 cm³/mol. The number of carbonyl (C=O) groups is 1. The van der Waals surface area contributed by atoms with E-state index in [1.165, 1.54) is 18.2 Å². The Kier molecular flexibility index (Phi) is 4.48. The van der Waals surface area contributed by atoms with E-state index in [4.69, 9.17) is 4.74 Å². The quantitative estimate of drug-likeness (QED) is 0.514. The summed E-state index contributed by atoms with van der Waals surface area (Å²) < 4.78 is 18.0. The lowest BCUT2D eigenvalue weighted by molar-refractivity contribution is -0.138. The third-order valence-electron chi connectivity index (χ3n) is 3.52. The minimum absolute atomic E-state index is 0.124. The fourth-order valence-electron chi connectivity index (χ4n) is 2.34. The van der Waals surface area contributed by atoms with Crippen molar-refractivity contribution in [2.75, 3.05) is 0 Å². The molecule has 23 heavy (non-hydrogen) atoms. The predicted octanol–water partition coefficient (Wildman–Crippen LogP) is 4.74. The van der Waals surface area contributed by atoms with Crippen molar-refractivity contribution in [2.45, 2.75) is 6.61 Å². The molecule has 0 saturated carbocycles. The summed E-state index contributed by atoms with van der Waals surface area (Å²) in [6.07, 6.45) is 3.15. The van der Waals surface area contributed by atoms with Crippen LogP contribution in [-0.2, 0) is 16.1 Å². The summed E-state index contributed by atoms with van der Waals surface area (Å²) in [7, 11) is 0. The first kappa shape index (κ1) is 15.0. The summed E-state index contributed by atoms with van der Waals surface area (Å²) in [5, 5.41) is 2.20. The summed E-state index contributed by atoms with van der Waals surface area (Å²) in [5.74, 6) is -0.738. The molecule has 0 atom stereocenters. The Morgan fingerprint density at radius 3 is 2.52 bits per heavy atom. The molecule has 0 aliphatic carbocycles. The fourth-order valence-corrected chi connectivity index (χ4v) is 2.34. The average molecular weight is 306 g/mol. The van der Waals surface area contributed by atoms with Crippen molar-refractivity contribution in [1.82, 2.24) is 0 Å². The van der Waals surface area contributed by atoms with Gasteiger partial charge in [-0.3, -0.25) is 0 Å². The molecular weight excluding hydrogens is 291 g/mol. The van der Waals surface area contributed by atoms with Crippen LogP contribution in [0.5, 0.6) is 0 Å². The van der Waals surface area contributed by atoms with Crippen LogP contribution in [0.2, 0.25) is 0 Å². The number of hydrogen-bond donors (Lipinski definition) is 0. The second kappa shape index (κ2) is 6.88. The third-order valence-corrected chi connectivity index (χ3v) is 3.52. The standard InChI is InChI=1S/C20H15FO2/c21-18-11-8-15(9-12-18)14-23-20(22)13-10-17-6-3-5-16-4-1-2-7-19(16)17/h1-13H,14H2. The van der Waals surface area contributed by atoms with Crippen molar-refractivity contribution in [2.24, 2.45) is 0 Å². The molecule has 3 aromatic carbocycles. The molecule has 0 aliphatic rings. The van der Waals surface area contributed by atoms with Crippen LogP contribution in [0.3, 0.4) is 0 Å². The van der Waals surface area contributed by atoms with Crippen LogP contribution in [0.1, 0.15) is 11.1 Å². The van der Waals surface area contributed by atoms with Gasteiger partial charge in [-0.2, -0.15) is 0 Å². The molecule has 114 valence electrons. The van der Waals surface area contributed by atoms with E-state index >= 15 is 0 Å². The average Bonchev–Trinajstić information content (AvgIpc) is 2.59. The Morgan fingerprint density at radius 2 is 1.70 bits per heavy atom. The Labute approximate surface area is 133 Å². The molecule has 0 radical (unpaired) electrons. The van der Waals surface area contributed by atoms with E-state index in [9.17, 15) is 9.18 Å². The Bertz CT molecular complexity index is 846. The zero-order chi connectivity index (χ0) is 16.1. The van der Waals surface area contributed by atoms with Crippen LogP contribution in [0.15, 0.2) is 72.8 Å². The van der Waals surface area contributed by atoms with Crippen molar-refractivity contribution in [1.29, 1.82) is 0 Å². The molecule has 0 heterocycles. The van der Waals surface area contributed by atoms with Crippen molar-refractivity contribution >= 4 is 22.8 Å². The van der Waals surface area contributed by atoms with Crippen molar-refractivity contribution in [3.05, 3.63) is 89.8 Å². The summed E-state index contributed by atoms with van der Waals surface area (Å²) in [5.41, 5.74) is 1.71. The van der Waals surface area contributed by atoms with E-state index in [1.807, 2.05) is 42.5 Å². The minimum Gasteiger partial charge on any atom is -0.458 e. The maximum Gasteiger partial charge on any atom is 0.331 e. The Morgan fingerprint density at radius 1 is 0.957 bits per heavy atom. The lowest BCUT2D eigenvalue weighted by Crippen LogP contribution is -2.00. The van der Waals surface area contributed by atoms with Gasteiger partial charge in [-0.05, 0) is 40.1 Å². The van der Waals surface area contributed by atoms with Gasteiger partial charge in [0.05, 0.1) is 0 Å². The monoisotopic (exact) mass is 306 g/mol. The third kappa shape index (κ3) is 3.83. The van der Waals surface area contributed by atoms with Gasteiger partial charge in [0.1, 0.15) is 12.4 Å². The van der Waals surface area contributed by atoms with Gasteiger partial charge in [-0.15, -0.1) is 0 Å². The van der Waals surface area contributed by atoms with E-state index in [0.29, 0.717) is 0 Å². The number of rotatable bonds is 4. The van der Waals surface area contributed by atoms with Crippen LogP contribution in [0.25, 0.3) is 16.8 Å². The topological polar surface area (TPSA) is 26.3 Å². The van der Waals surface area contributed by atoms with Gasteiger partial charge >= 0.3 is 5.97 Å². The fraction of sp³-hybridized carbons (Fsp3) is 0.0500. The zero-order valence-electron chi connectivity index (χ0n) is 12.4. The summed E-state index contributed by atoms with van der Waals surface area (Å²) in [6, 6.07) is 19.8. The largest absolute Gasteiger partial charge is 0.458 e. The molecule has 3 heteroatoms. The molecule has 3 aromatic rings. The number of carbonyl (C=O) groups excluding carboxylic acids is 1. The summed E-state index contributed by atoms with van der Waals surface area (Å²) >= 11 is 0. The highest BCUT2D eigenvalue weighted by Crippen LogP contribution is 2.19. The van der Waals surface area contributed by atoms with Gasteiger partial charge in [0, 0.05) is 6.08 Å². The van der Waals surface area contributed by atoms with Gasteiger partial charge in [0.15, 0.2) is 0 Å². The van der Waals surface area contributed by atoms with Crippen molar-refractivity contribution < 1.29 is 13.9 Å². The minimum atomic E-state index is -0.428. The molecule has 0 aromatic heterocycles. The lowest BCUT2D eigenvalue weighted by atomic mass is 10.0. The molecular formula is C20H15FO2. The van der Waals surface area contributed by atoms with E-state index in [2.05, 4.69) is 0 Å². The summed E-state index contributed by atoms with van der Waals surface area (Å²) in [4.78, 5) is 11.8. The highest BCUT2D eigenvalue weighted by molar-refractivity contribution is 5.94. The second-order valence-electron chi connectivity index (χ2n) is 5.14. The van der Waals surface area contributed by atoms with E-state index in [0.717, 1.165) is 21.9 Å². The lowest BCUT2D eigenvalue weighted by Gasteiger charge is -2.03. The molecule has 0 saturated heterocycles. The zero-order valence-corrected chi connectivity index (χ0v) is 12.4. The first-order valence-electron chi connectivity index (χ1n) is 7.29. The maximum atomic E-state index is 12.8. The Balaban J connectivity index is 1.67. The molecule has 0 amide bonds. The molecule has 0 fully saturated rings. The number of ether oxygens (including phenoxy) is 1. The SMILES string of the molecule is O=C(C=Cc1cccc2ccccc12)OCc1ccc(F)cc1. The number of fused-ring (bicyclic) bond motifs is 1. The van der Waals surface area contributed by atoms with Crippen LogP contribution in [-0.4, -0.2) is 5.97 Å². The molecule has 0 aliphatic heterocycles. The Hall–Kier alpha value is -2.94. The van der Waals surface area contributed by atoms with E-state index in [-0.39, 0.29) is 12.4 Å². The number of esters is 1. The van der Waals surface area contributed by atoms with Crippen LogP contribution in [0, 0.1) is 5.82 Å². The highest BCUT2D eigenvalue weighted by Gasteiger charge is 2.01. The summed E-state index contributed by atoms with van der Waals surface area (Å²) in [6.45, 7) is 0.124. The maximum absolute atomic E-state index is 12.8. The molecule has 0 N–H and O–H groups in total. The molecule has 0 spiro atoms. The second-order valence-corrected chi connectivity index (χ2v) is 5.14. The van der Waals surface area contributed by atoms with Gasteiger partial charge in [0.2, 0.25) is 0 Å². The smallest absolute Gasteiger partial charge is 0.331 e. The van der Waals surface area contributed by atoms with Gasteiger partial charge < -0.3 is 4.74 Å². The molecule has 0 bridgehead atoms. The number of hydrogen-bond acceptors (Lipinski definition) is 2. The number of halogens is 1. The first-order valence-corrected chi connectivity index (χ1v) is 7.29. The van der Waals surface area contributed by atoms with Crippen molar-refractivity contribution in [3.8, 4) is 0 Å². The van der Waals surface area contributed by atoms with Gasteiger partial charge in [0.25, 0.3) is 0 Å². The van der Waals surface area contributed by atoms with E-state index in [1.54, 1.807) is 18.2 Å². The molecule has 0 unspecified atom stereocenters. The highest BCUT2D eigenvalue weighted by atomic mass is 19.1. The first-order chi connectivity index (χ1) is 11.2. The van der Waals surface area contributed by atoms with Crippen molar-refractivity contribution in [3.63, 3.8) is 0 Å². The van der Waals surface area contributed by atoms with Gasteiger partial charge in [-0.25, -0.2) is 9.18 Å². The van der Waals surface area contributed by atoms with Crippen LogP contribution in [0.4, 0.5) is 4.39 Å². The van der Waals surface area contributed by atoms with Gasteiger partial charge in [-0.1, -0.05) is 54.6 Å². The molecule has 3 rings (SSSR count). The van der Waals surface area contributed by atoms with Crippen LogP contribution < -0.4 is 0 Å².